The second-order valence-electron chi connectivity index (χ2n) is 7.96. The van der Waals surface area contributed by atoms with Gasteiger partial charge in [-0.2, -0.15) is 4.79 Å². The lowest BCUT2D eigenvalue weighted by Gasteiger charge is -2.50. The Kier molecular flexibility index (Phi) is 4.27. The predicted molar refractivity (Wildman–Crippen MR) is 100 cm³/mol. The first kappa shape index (κ1) is 20.6. The van der Waals surface area contributed by atoms with Crippen LogP contribution < -0.4 is 5.73 Å². The highest BCUT2D eigenvalue weighted by Gasteiger charge is 2.65. The summed E-state index contributed by atoms with van der Waals surface area (Å²) in [5.41, 5.74) is 9.68. The first-order valence-electron chi connectivity index (χ1n) is 9.32. The van der Waals surface area contributed by atoms with Gasteiger partial charge in [0, 0.05) is 29.9 Å². The largest absolute Gasteiger partial charge is 0.508 e. The lowest BCUT2D eigenvalue weighted by molar-refractivity contribution is -0.161. The molecule has 160 valence electrons. The molecule has 11 nitrogen and oxygen atoms in total. The molecular weight excluding hydrogens is 410 g/mol. The fourth-order valence-corrected chi connectivity index (χ4v) is 5.13. The van der Waals surface area contributed by atoms with Crippen molar-refractivity contribution >= 4 is 29.0 Å². The molecular formula is C20H17N3O8. The van der Waals surface area contributed by atoms with E-state index < -0.39 is 81.8 Å². The monoisotopic (exact) mass is 427 g/mol. The van der Waals surface area contributed by atoms with Crippen molar-refractivity contribution in [1.82, 2.24) is 0 Å². The van der Waals surface area contributed by atoms with Gasteiger partial charge in [-0.15, -0.1) is 0 Å². The first-order valence-corrected chi connectivity index (χ1v) is 9.32. The molecule has 5 atom stereocenters. The number of rotatable bonds is 1. The molecule has 2 unspecified atom stereocenters. The van der Waals surface area contributed by atoms with Crippen LogP contribution in [0.25, 0.3) is 5.53 Å². The summed E-state index contributed by atoms with van der Waals surface area (Å²) in [5.74, 6) is -10.1. The number of nitrogens with two attached hydrogens (primary N) is 1. The molecule has 0 aromatic heterocycles. The topological polar surface area (TPSA) is 212 Å². The molecule has 0 aromatic rings. The van der Waals surface area contributed by atoms with E-state index in [0.717, 1.165) is 6.08 Å². The number of carbonyl (C=O) groups excluding carboxylic acids is 4. The maximum Gasteiger partial charge on any atom is 0.319 e. The lowest BCUT2D eigenvalue weighted by atomic mass is 9.55. The van der Waals surface area contributed by atoms with Crippen LogP contribution in [-0.4, -0.2) is 65.9 Å². The number of ketones is 3. The Morgan fingerprint density at radius 2 is 1.87 bits per heavy atom. The summed E-state index contributed by atoms with van der Waals surface area (Å²) in [5, 5.41) is 43.5. The maximum absolute atomic E-state index is 13.4. The minimum absolute atomic E-state index is 0.0633. The minimum atomic E-state index is -2.91. The Morgan fingerprint density at radius 1 is 1.23 bits per heavy atom. The second kappa shape index (κ2) is 6.42. The van der Waals surface area contributed by atoms with Gasteiger partial charge in [0.15, 0.2) is 17.2 Å². The molecule has 0 heterocycles. The zero-order valence-electron chi connectivity index (χ0n) is 16.1. The molecule has 4 aliphatic rings. The van der Waals surface area contributed by atoms with Crippen LogP contribution in [-0.2, 0) is 19.2 Å². The summed E-state index contributed by atoms with van der Waals surface area (Å²) in [4.78, 5) is 52.9. The van der Waals surface area contributed by atoms with Gasteiger partial charge in [0.1, 0.15) is 17.1 Å². The third-order valence-corrected chi connectivity index (χ3v) is 6.55. The molecule has 1 saturated carbocycles. The van der Waals surface area contributed by atoms with Gasteiger partial charge in [-0.25, -0.2) is 0 Å². The van der Waals surface area contributed by atoms with Gasteiger partial charge in [-0.1, -0.05) is 6.92 Å². The average molecular weight is 427 g/mol. The lowest BCUT2D eigenvalue weighted by Crippen LogP contribution is -2.64. The number of aliphatic hydroxyl groups is 4. The molecule has 31 heavy (non-hydrogen) atoms. The molecule has 0 aliphatic heterocycles. The summed E-state index contributed by atoms with van der Waals surface area (Å²) in [6, 6.07) is 0. The SMILES string of the molecule is CC1C2=C(C(=O)C=CC2=[N+]=[N-])C(O)=C2C(=O)[C@]3(O)C(O)=C(C(N)=O)C(=O)C[C@@H]3C(O)[C@@H]21. The van der Waals surface area contributed by atoms with E-state index in [9.17, 15) is 45.1 Å². The fourth-order valence-electron chi connectivity index (χ4n) is 5.13. The van der Waals surface area contributed by atoms with Gasteiger partial charge in [0.05, 0.1) is 17.3 Å². The molecule has 1 amide bonds. The molecule has 4 aliphatic carbocycles. The van der Waals surface area contributed by atoms with Crippen LogP contribution in [0.4, 0.5) is 0 Å². The average Bonchev–Trinajstić information content (AvgIpc) is 2.70. The van der Waals surface area contributed by atoms with E-state index in [1.54, 1.807) is 0 Å². The predicted octanol–water partition coefficient (Wildman–Crippen LogP) is -1.27. The third-order valence-electron chi connectivity index (χ3n) is 6.55. The van der Waals surface area contributed by atoms with Crippen LogP contribution >= 0.6 is 0 Å². The molecule has 0 spiro atoms. The number of carbonyl (C=O) groups is 4. The van der Waals surface area contributed by atoms with Crippen molar-refractivity contribution in [3.8, 4) is 0 Å². The van der Waals surface area contributed by atoms with Crippen molar-refractivity contribution in [2.75, 3.05) is 0 Å². The summed E-state index contributed by atoms with van der Waals surface area (Å²) in [6.45, 7) is 1.51. The zero-order valence-corrected chi connectivity index (χ0v) is 16.1. The van der Waals surface area contributed by atoms with E-state index in [4.69, 9.17) is 5.73 Å². The minimum Gasteiger partial charge on any atom is -0.508 e. The van der Waals surface area contributed by atoms with Crippen LogP contribution in [0.5, 0.6) is 0 Å². The van der Waals surface area contributed by atoms with Crippen LogP contribution in [0.1, 0.15) is 13.3 Å². The third kappa shape index (κ3) is 2.36. The van der Waals surface area contributed by atoms with Crippen LogP contribution in [0, 0.1) is 17.8 Å². The highest BCUT2D eigenvalue weighted by atomic mass is 16.4. The standard InChI is InChI=1S/C20H17N3O8/c1-5-10-7(23-22)2-3-8(24)12(10)16(27)14-11(5)15(26)6-4-9(25)13(19(21)30)17(28)20(6,31)18(14)29/h2-3,5-6,11,15,26-28,31H,4H2,1H3,(H2,21,30)/t5?,6-,11-,15?,20-/m1/s1. The van der Waals surface area contributed by atoms with Gasteiger partial charge in [-0.05, 0) is 12.0 Å². The molecule has 6 N–H and O–H groups in total. The number of aliphatic hydroxyl groups excluding tert-OH is 3. The van der Waals surface area contributed by atoms with Crippen molar-refractivity contribution in [1.29, 1.82) is 0 Å². The number of allylic oxidation sites excluding steroid dienone is 4. The van der Waals surface area contributed by atoms with Crippen molar-refractivity contribution in [2.24, 2.45) is 23.5 Å². The highest BCUT2D eigenvalue weighted by Crippen LogP contribution is 2.53. The Balaban J connectivity index is 2.02. The number of nitrogens with zero attached hydrogens (tertiary/aromatic N) is 2. The van der Waals surface area contributed by atoms with Crippen LogP contribution in [0.2, 0.25) is 0 Å². The Morgan fingerprint density at radius 3 is 2.45 bits per heavy atom. The number of amides is 1. The fraction of sp³-hybridized carbons (Fsp3) is 0.350. The summed E-state index contributed by atoms with van der Waals surface area (Å²) in [6.07, 6.45) is -0.109. The van der Waals surface area contributed by atoms with Gasteiger partial charge < -0.3 is 31.7 Å². The van der Waals surface area contributed by atoms with E-state index in [1.807, 2.05) is 0 Å². The molecule has 1 fully saturated rings. The molecule has 11 heteroatoms. The Hall–Kier alpha value is -3.66. The summed E-state index contributed by atoms with van der Waals surface area (Å²) < 4.78 is 0. The molecule has 0 saturated heterocycles. The van der Waals surface area contributed by atoms with Crippen LogP contribution in [0.15, 0.2) is 46.0 Å². The van der Waals surface area contributed by atoms with E-state index in [-0.39, 0.29) is 16.9 Å². The van der Waals surface area contributed by atoms with Crippen molar-refractivity contribution in [3.05, 3.63) is 51.5 Å². The van der Waals surface area contributed by atoms with Crippen LogP contribution in [0.3, 0.4) is 0 Å². The number of Topliss-reactive ketones (excluding diaryl/α,β-unsaturated/α-hetero) is 2. The van der Waals surface area contributed by atoms with Crippen molar-refractivity contribution in [2.45, 2.75) is 25.0 Å². The number of hydrogen-bond donors (Lipinski definition) is 5. The molecule has 0 aromatic carbocycles. The van der Waals surface area contributed by atoms with E-state index in [2.05, 4.69) is 4.79 Å². The van der Waals surface area contributed by atoms with Gasteiger partial charge in [0.25, 0.3) is 5.91 Å². The molecule has 0 bridgehead atoms. The molecule has 4 rings (SSSR count). The number of hydrogen-bond acceptors (Lipinski definition) is 8. The number of primary amides is 1. The van der Waals surface area contributed by atoms with Gasteiger partial charge >= 0.3 is 5.71 Å². The second-order valence-corrected chi connectivity index (χ2v) is 7.96. The normalized spacial score (nSPS) is 35.1. The van der Waals surface area contributed by atoms with Crippen molar-refractivity contribution < 1.29 is 44.4 Å². The van der Waals surface area contributed by atoms with Gasteiger partial charge in [-0.3, -0.25) is 19.2 Å². The number of fused-ring (bicyclic) bond motifs is 2. The maximum atomic E-state index is 13.4. The van der Waals surface area contributed by atoms with E-state index >= 15 is 0 Å². The zero-order chi connectivity index (χ0) is 23.0. The first-order chi connectivity index (χ1) is 14.5. The van der Waals surface area contributed by atoms with E-state index in [1.165, 1.54) is 13.0 Å². The summed E-state index contributed by atoms with van der Waals surface area (Å²) >= 11 is 0. The van der Waals surface area contributed by atoms with Gasteiger partial charge in [0.2, 0.25) is 5.78 Å². The van der Waals surface area contributed by atoms with E-state index in [0.29, 0.717) is 0 Å². The Labute approximate surface area is 174 Å². The summed E-state index contributed by atoms with van der Waals surface area (Å²) in [7, 11) is 0. The molecule has 0 radical (unpaired) electrons. The van der Waals surface area contributed by atoms with Crippen molar-refractivity contribution in [3.63, 3.8) is 0 Å². The smallest absolute Gasteiger partial charge is 0.319 e. The quantitative estimate of drug-likeness (QED) is 0.147. The Bertz CT molecular complexity index is 1180. The highest BCUT2D eigenvalue weighted by molar-refractivity contribution is 6.25.